The number of amides is 2. The summed E-state index contributed by atoms with van der Waals surface area (Å²) in [5.74, 6) is 0.471. The Labute approximate surface area is 185 Å². The lowest BCUT2D eigenvalue weighted by Crippen LogP contribution is -2.41. The fourth-order valence-corrected chi connectivity index (χ4v) is 4.58. The number of hydrogen-bond donors (Lipinski definition) is 0. The van der Waals surface area contributed by atoms with Gasteiger partial charge in [-0.2, -0.15) is 0 Å². The van der Waals surface area contributed by atoms with Crippen LogP contribution in [0.25, 0.3) is 0 Å². The highest BCUT2D eigenvalue weighted by molar-refractivity contribution is 5.95. The van der Waals surface area contributed by atoms with E-state index in [4.69, 9.17) is 4.74 Å². The van der Waals surface area contributed by atoms with E-state index in [-0.39, 0.29) is 17.7 Å². The highest BCUT2D eigenvalue weighted by Crippen LogP contribution is 2.30. The number of rotatable bonds is 6. The summed E-state index contributed by atoms with van der Waals surface area (Å²) < 4.78 is 5.33. The molecule has 0 atom stereocenters. The van der Waals surface area contributed by atoms with Gasteiger partial charge < -0.3 is 14.5 Å². The SMILES string of the molecule is Cc1cccc(CN(C(=O)C2CCCC2)c2ccc(CC(=O)N3CCOCC3)cc2)c1. The number of hydrogen-bond acceptors (Lipinski definition) is 3. The van der Waals surface area contributed by atoms with Gasteiger partial charge in [0.2, 0.25) is 11.8 Å². The van der Waals surface area contributed by atoms with E-state index in [0.717, 1.165) is 42.5 Å². The molecule has 1 aliphatic heterocycles. The summed E-state index contributed by atoms with van der Waals surface area (Å²) >= 11 is 0. The van der Waals surface area contributed by atoms with Gasteiger partial charge in [-0.1, -0.05) is 54.8 Å². The van der Waals surface area contributed by atoms with Crippen LogP contribution in [0.5, 0.6) is 0 Å². The Morgan fingerprint density at radius 1 is 1.00 bits per heavy atom. The standard InChI is InChI=1S/C26H32N2O3/c1-20-5-4-6-22(17-20)19-28(26(30)23-7-2-3-8-23)24-11-9-21(10-12-24)18-25(29)27-13-15-31-16-14-27/h4-6,9-12,17,23H,2-3,7-8,13-16,18-19H2,1H3. The quantitative estimate of drug-likeness (QED) is 0.706. The summed E-state index contributed by atoms with van der Waals surface area (Å²) in [5, 5.41) is 0. The van der Waals surface area contributed by atoms with Crippen molar-refractivity contribution in [2.75, 3.05) is 31.2 Å². The van der Waals surface area contributed by atoms with Gasteiger partial charge >= 0.3 is 0 Å². The number of carbonyl (C=O) groups is 2. The molecule has 1 saturated carbocycles. The van der Waals surface area contributed by atoms with E-state index in [2.05, 4.69) is 25.1 Å². The third-order valence-corrected chi connectivity index (χ3v) is 6.36. The molecule has 5 nitrogen and oxygen atoms in total. The highest BCUT2D eigenvalue weighted by atomic mass is 16.5. The van der Waals surface area contributed by atoms with Crippen LogP contribution in [0.15, 0.2) is 48.5 Å². The number of ether oxygens (including phenoxy) is 1. The van der Waals surface area contributed by atoms with Gasteiger partial charge in [0.15, 0.2) is 0 Å². The van der Waals surface area contributed by atoms with Crippen molar-refractivity contribution in [1.82, 2.24) is 4.90 Å². The van der Waals surface area contributed by atoms with E-state index in [1.165, 1.54) is 5.56 Å². The number of morpholine rings is 1. The molecule has 2 aromatic rings. The molecule has 0 N–H and O–H groups in total. The summed E-state index contributed by atoms with van der Waals surface area (Å²) in [6, 6.07) is 16.3. The van der Waals surface area contributed by atoms with Crippen molar-refractivity contribution in [3.8, 4) is 0 Å². The molecule has 0 radical (unpaired) electrons. The average Bonchev–Trinajstić information content (AvgIpc) is 3.33. The first-order valence-corrected chi connectivity index (χ1v) is 11.4. The van der Waals surface area contributed by atoms with Crippen molar-refractivity contribution in [1.29, 1.82) is 0 Å². The van der Waals surface area contributed by atoms with Gasteiger partial charge in [0.1, 0.15) is 0 Å². The van der Waals surface area contributed by atoms with Gasteiger partial charge in [0.05, 0.1) is 26.2 Å². The first-order chi connectivity index (χ1) is 15.1. The van der Waals surface area contributed by atoms with Crippen LogP contribution in [0, 0.1) is 12.8 Å². The molecule has 2 fully saturated rings. The Hall–Kier alpha value is -2.66. The van der Waals surface area contributed by atoms with Gasteiger partial charge in [-0.3, -0.25) is 9.59 Å². The fourth-order valence-electron chi connectivity index (χ4n) is 4.58. The summed E-state index contributed by atoms with van der Waals surface area (Å²) in [5.41, 5.74) is 4.21. The van der Waals surface area contributed by atoms with Crippen molar-refractivity contribution in [2.45, 2.75) is 45.6 Å². The van der Waals surface area contributed by atoms with Gasteiger partial charge in [0, 0.05) is 24.7 Å². The summed E-state index contributed by atoms with van der Waals surface area (Å²) in [7, 11) is 0. The van der Waals surface area contributed by atoms with E-state index in [0.29, 0.717) is 39.3 Å². The average molecular weight is 421 g/mol. The Bertz CT molecular complexity index is 897. The molecule has 5 heteroatoms. The predicted octanol–water partition coefficient (Wildman–Crippen LogP) is 4.12. The van der Waals surface area contributed by atoms with Crippen LogP contribution in [0.3, 0.4) is 0 Å². The Morgan fingerprint density at radius 3 is 2.39 bits per heavy atom. The molecule has 1 aliphatic carbocycles. The monoisotopic (exact) mass is 420 g/mol. The molecular weight excluding hydrogens is 388 g/mol. The second-order valence-corrected chi connectivity index (χ2v) is 8.73. The number of aryl methyl sites for hydroxylation is 1. The van der Waals surface area contributed by atoms with Crippen molar-refractivity contribution in [3.05, 3.63) is 65.2 Å². The largest absolute Gasteiger partial charge is 0.378 e. The van der Waals surface area contributed by atoms with Crippen LogP contribution in [0.2, 0.25) is 0 Å². The minimum absolute atomic E-state index is 0.118. The molecule has 0 aromatic heterocycles. The lowest BCUT2D eigenvalue weighted by molar-refractivity contribution is -0.134. The molecule has 2 aromatic carbocycles. The molecule has 0 bridgehead atoms. The third-order valence-electron chi connectivity index (χ3n) is 6.36. The molecule has 2 amide bonds. The maximum atomic E-state index is 13.4. The Kier molecular flexibility index (Phi) is 7.03. The van der Waals surface area contributed by atoms with Crippen molar-refractivity contribution >= 4 is 17.5 Å². The lowest BCUT2D eigenvalue weighted by Gasteiger charge is -2.27. The van der Waals surface area contributed by atoms with Crippen LogP contribution in [0.1, 0.15) is 42.4 Å². The van der Waals surface area contributed by atoms with Crippen LogP contribution in [0.4, 0.5) is 5.69 Å². The number of carbonyl (C=O) groups excluding carboxylic acids is 2. The maximum Gasteiger partial charge on any atom is 0.230 e. The van der Waals surface area contributed by atoms with Gasteiger partial charge in [0.25, 0.3) is 0 Å². The molecule has 4 rings (SSSR count). The zero-order valence-corrected chi connectivity index (χ0v) is 18.4. The first-order valence-electron chi connectivity index (χ1n) is 11.4. The molecule has 164 valence electrons. The highest BCUT2D eigenvalue weighted by Gasteiger charge is 2.28. The van der Waals surface area contributed by atoms with Crippen LogP contribution in [-0.4, -0.2) is 43.0 Å². The van der Waals surface area contributed by atoms with Crippen LogP contribution >= 0.6 is 0 Å². The molecule has 0 spiro atoms. The van der Waals surface area contributed by atoms with E-state index in [9.17, 15) is 9.59 Å². The molecule has 1 heterocycles. The normalized spacial score (nSPS) is 17.0. The molecule has 31 heavy (non-hydrogen) atoms. The lowest BCUT2D eigenvalue weighted by atomic mass is 10.0. The Balaban J connectivity index is 1.50. The first kappa shape index (κ1) is 21.6. The smallest absolute Gasteiger partial charge is 0.230 e. The second-order valence-electron chi connectivity index (χ2n) is 8.73. The number of nitrogens with zero attached hydrogens (tertiary/aromatic N) is 2. The van der Waals surface area contributed by atoms with E-state index in [1.807, 2.05) is 40.1 Å². The van der Waals surface area contributed by atoms with Gasteiger partial charge in [-0.15, -0.1) is 0 Å². The zero-order chi connectivity index (χ0) is 21.6. The van der Waals surface area contributed by atoms with Gasteiger partial charge in [-0.25, -0.2) is 0 Å². The zero-order valence-electron chi connectivity index (χ0n) is 18.4. The number of anilines is 1. The Morgan fingerprint density at radius 2 is 1.71 bits per heavy atom. The summed E-state index contributed by atoms with van der Waals surface area (Å²) in [6.07, 6.45) is 4.62. The topological polar surface area (TPSA) is 49.9 Å². The molecule has 2 aliphatic rings. The van der Waals surface area contributed by atoms with E-state index in [1.54, 1.807) is 0 Å². The number of benzene rings is 2. The predicted molar refractivity (Wildman–Crippen MR) is 122 cm³/mol. The third kappa shape index (κ3) is 5.53. The summed E-state index contributed by atoms with van der Waals surface area (Å²) in [4.78, 5) is 29.7. The van der Waals surface area contributed by atoms with E-state index < -0.39 is 0 Å². The van der Waals surface area contributed by atoms with Crippen molar-refractivity contribution in [3.63, 3.8) is 0 Å². The van der Waals surface area contributed by atoms with Gasteiger partial charge in [-0.05, 0) is 43.0 Å². The fraction of sp³-hybridized carbons (Fsp3) is 0.462. The minimum atomic E-state index is 0.118. The van der Waals surface area contributed by atoms with Crippen LogP contribution in [-0.2, 0) is 27.3 Å². The summed E-state index contributed by atoms with van der Waals surface area (Å²) in [6.45, 7) is 5.20. The van der Waals surface area contributed by atoms with Crippen molar-refractivity contribution in [2.24, 2.45) is 5.92 Å². The minimum Gasteiger partial charge on any atom is -0.378 e. The molecule has 1 saturated heterocycles. The molecular formula is C26H32N2O3. The molecule has 0 unspecified atom stereocenters. The van der Waals surface area contributed by atoms with Crippen molar-refractivity contribution < 1.29 is 14.3 Å². The van der Waals surface area contributed by atoms with Crippen LogP contribution < -0.4 is 4.90 Å². The second kappa shape index (κ2) is 10.1. The van der Waals surface area contributed by atoms with E-state index >= 15 is 0 Å². The maximum absolute atomic E-state index is 13.4.